The summed E-state index contributed by atoms with van der Waals surface area (Å²) in [6.07, 6.45) is 0. The van der Waals surface area contributed by atoms with Gasteiger partial charge >= 0.3 is 5.97 Å². The summed E-state index contributed by atoms with van der Waals surface area (Å²) in [6, 6.07) is 11.6. The van der Waals surface area contributed by atoms with Gasteiger partial charge in [-0.1, -0.05) is 6.07 Å². The lowest BCUT2D eigenvalue weighted by atomic mass is 10.2. The van der Waals surface area contributed by atoms with Crippen molar-refractivity contribution >= 4 is 23.3 Å². The third-order valence-corrected chi connectivity index (χ3v) is 2.69. The van der Waals surface area contributed by atoms with E-state index in [-0.39, 0.29) is 5.69 Å². The van der Waals surface area contributed by atoms with E-state index in [2.05, 4.69) is 5.32 Å². The van der Waals surface area contributed by atoms with Gasteiger partial charge in [-0.3, -0.25) is 19.7 Å². The Kier molecular flexibility index (Phi) is 4.47. The molecule has 0 saturated carbocycles. The number of amides is 1. The van der Waals surface area contributed by atoms with Crippen LogP contribution < -0.4 is 10.1 Å². The number of nitrogens with one attached hydrogen (secondary N) is 1. The lowest BCUT2D eigenvalue weighted by Gasteiger charge is -2.06. The van der Waals surface area contributed by atoms with Gasteiger partial charge in [0.2, 0.25) is 0 Å². The molecule has 0 aliphatic rings. The van der Waals surface area contributed by atoms with E-state index in [4.69, 9.17) is 4.74 Å². The largest absolute Gasteiger partial charge is 0.427 e. The fourth-order valence-corrected chi connectivity index (χ4v) is 1.74. The number of nitrogens with zero attached hydrogens (tertiary/aromatic N) is 1. The highest BCUT2D eigenvalue weighted by Crippen LogP contribution is 2.18. The molecule has 0 radical (unpaired) electrons. The maximum absolute atomic E-state index is 12.0. The molecule has 7 nitrogen and oxygen atoms in total. The molecule has 0 bridgehead atoms. The molecule has 0 spiro atoms. The molecule has 0 unspecified atom stereocenters. The Balaban J connectivity index is 2.10. The van der Waals surface area contributed by atoms with E-state index in [1.165, 1.54) is 49.4 Å². The average Bonchev–Trinajstić information content (AvgIpc) is 2.47. The predicted octanol–water partition coefficient (Wildman–Crippen LogP) is 2.77. The number of anilines is 1. The molecular weight excluding hydrogens is 288 g/mol. The predicted molar refractivity (Wildman–Crippen MR) is 78.8 cm³/mol. The molecule has 22 heavy (non-hydrogen) atoms. The first kappa shape index (κ1) is 15.2. The van der Waals surface area contributed by atoms with Gasteiger partial charge in [0, 0.05) is 30.3 Å². The molecular formula is C15H12N2O5. The highest BCUT2D eigenvalue weighted by molar-refractivity contribution is 6.04. The number of carbonyl (C=O) groups is 2. The third-order valence-electron chi connectivity index (χ3n) is 2.69. The molecule has 2 aromatic rings. The Hall–Kier alpha value is -3.22. The quantitative estimate of drug-likeness (QED) is 0.405. The first-order valence-corrected chi connectivity index (χ1v) is 6.30. The van der Waals surface area contributed by atoms with Gasteiger partial charge in [0.25, 0.3) is 11.6 Å². The number of carbonyl (C=O) groups excluding carboxylic acids is 2. The van der Waals surface area contributed by atoms with Crippen LogP contribution >= 0.6 is 0 Å². The Morgan fingerprint density at radius 2 is 1.82 bits per heavy atom. The lowest BCUT2D eigenvalue weighted by Crippen LogP contribution is -2.12. The highest BCUT2D eigenvalue weighted by atomic mass is 16.6. The van der Waals surface area contributed by atoms with Crippen molar-refractivity contribution in [1.29, 1.82) is 0 Å². The molecule has 0 aliphatic carbocycles. The fraction of sp³-hybridized carbons (Fsp3) is 0.0667. The molecule has 0 heterocycles. The van der Waals surface area contributed by atoms with Crippen LogP contribution in [0.25, 0.3) is 0 Å². The van der Waals surface area contributed by atoms with Crippen LogP contribution in [0.5, 0.6) is 5.75 Å². The topological polar surface area (TPSA) is 98.5 Å². The zero-order chi connectivity index (χ0) is 16.1. The van der Waals surface area contributed by atoms with Crippen LogP contribution in [0.1, 0.15) is 17.3 Å². The van der Waals surface area contributed by atoms with Gasteiger partial charge in [-0.2, -0.15) is 0 Å². The van der Waals surface area contributed by atoms with Crippen LogP contribution in [-0.4, -0.2) is 16.8 Å². The second kappa shape index (κ2) is 6.49. The molecule has 112 valence electrons. The van der Waals surface area contributed by atoms with E-state index in [0.29, 0.717) is 17.0 Å². The zero-order valence-corrected chi connectivity index (χ0v) is 11.6. The Bertz CT molecular complexity index is 725. The number of esters is 1. The molecule has 0 fully saturated rings. The van der Waals surface area contributed by atoms with Crippen LogP contribution in [0, 0.1) is 10.1 Å². The van der Waals surface area contributed by atoms with E-state index in [1.807, 2.05) is 0 Å². The SMILES string of the molecule is CC(=O)Oc1ccc(C(=O)Nc2cccc([N+](=O)[O-])c2)cc1. The second-order valence-corrected chi connectivity index (χ2v) is 4.38. The van der Waals surface area contributed by atoms with Crippen molar-refractivity contribution in [2.24, 2.45) is 0 Å². The van der Waals surface area contributed by atoms with Crippen LogP contribution in [0.15, 0.2) is 48.5 Å². The number of ether oxygens (including phenoxy) is 1. The number of hydrogen-bond acceptors (Lipinski definition) is 5. The zero-order valence-electron chi connectivity index (χ0n) is 11.6. The van der Waals surface area contributed by atoms with Gasteiger partial charge < -0.3 is 10.1 Å². The molecule has 1 amide bonds. The lowest BCUT2D eigenvalue weighted by molar-refractivity contribution is -0.384. The molecule has 2 rings (SSSR count). The number of non-ortho nitro benzene ring substituents is 1. The first-order valence-electron chi connectivity index (χ1n) is 6.30. The first-order chi connectivity index (χ1) is 10.5. The van der Waals surface area contributed by atoms with Gasteiger partial charge in [0.1, 0.15) is 5.75 Å². The van der Waals surface area contributed by atoms with Gasteiger partial charge in [0.15, 0.2) is 0 Å². The average molecular weight is 300 g/mol. The van der Waals surface area contributed by atoms with Crippen LogP contribution in [-0.2, 0) is 4.79 Å². The van der Waals surface area contributed by atoms with Crippen LogP contribution in [0.4, 0.5) is 11.4 Å². The van der Waals surface area contributed by atoms with Crippen LogP contribution in [0.3, 0.4) is 0 Å². The van der Waals surface area contributed by atoms with Crippen molar-refractivity contribution in [3.63, 3.8) is 0 Å². The van der Waals surface area contributed by atoms with E-state index in [0.717, 1.165) is 0 Å². The van der Waals surface area contributed by atoms with E-state index >= 15 is 0 Å². The van der Waals surface area contributed by atoms with Crippen LogP contribution in [0.2, 0.25) is 0 Å². The summed E-state index contributed by atoms with van der Waals surface area (Å²) in [7, 11) is 0. The Labute approximate surface area is 125 Å². The normalized spacial score (nSPS) is 9.86. The molecule has 1 N–H and O–H groups in total. The third kappa shape index (κ3) is 3.89. The van der Waals surface area contributed by atoms with Gasteiger partial charge in [-0.15, -0.1) is 0 Å². The van der Waals surface area contributed by atoms with Crippen molar-refractivity contribution in [3.8, 4) is 5.75 Å². The molecule has 0 saturated heterocycles. The van der Waals surface area contributed by atoms with E-state index in [1.54, 1.807) is 6.07 Å². The number of nitro groups is 1. The Morgan fingerprint density at radius 3 is 2.41 bits per heavy atom. The van der Waals surface area contributed by atoms with E-state index in [9.17, 15) is 19.7 Å². The minimum atomic E-state index is -0.538. The fourth-order valence-electron chi connectivity index (χ4n) is 1.74. The summed E-state index contributed by atoms with van der Waals surface area (Å²) in [6.45, 7) is 1.28. The van der Waals surface area contributed by atoms with Crippen molar-refractivity contribution in [2.45, 2.75) is 6.92 Å². The minimum Gasteiger partial charge on any atom is -0.427 e. The molecule has 0 aromatic heterocycles. The van der Waals surface area contributed by atoms with Crippen molar-refractivity contribution in [3.05, 3.63) is 64.2 Å². The number of hydrogen-bond donors (Lipinski definition) is 1. The summed E-state index contributed by atoms with van der Waals surface area (Å²) >= 11 is 0. The Morgan fingerprint density at radius 1 is 1.14 bits per heavy atom. The maximum atomic E-state index is 12.0. The van der Waals surface area contributed by atoms with Gasteiger partial charge in [-0.05, 0) is 30.3 Å². The minimum absolute atomic E-state index is 0.108. The molecule has 0 aliphatic heterocycles. The number of benzene rings is 2. The highest BCUT2D eigenvalue weighted by Gasteiger charge is 2.10. The summed E-state index contributed by atoms with van der Waals surface area (Å²) in [5.41, 5.74) is 0.550. The number of nitro benzene ring substituents is 1. The summed E-state index contributed by atoms with van der Waals surface area (Å²) in [5, 5.41) is 13.2. The van der Waals surface area contributed by atoms with Crippen molar-refractivity contribution in [1.82, 2.24) is 0 Å². The monoisotopic (exact) mass is 300 g/mol. The summed E-state index contributed by atoms with van der Waals surface area (Å²) in [4.78, 5) is 33.0. The van der Waals surface area contributed by atoms with Crippen molar-refractivity contribution < 1.29 is 19.2 Å². The maximum Gasteiger partial charge on any atom is 0.308 e. The van der Waals surface area contributed by atoms with Gasteiger partial charge in [-0.25, -0.2) is 0 Å². The smallest absolute Gasteiger partial charge is 0.308 e. The molecule has 2 aromatic carbocycles. The molecule has 7 heteroatoms. The summed E-state index contributed by atoms with van der Waals surface area (Å²) in [5.74, 6) is -0.539. The van der Waals surface area contributed by atoms with Crippen molar-refractivity contribution in [2.75, 3.05) is 5.32 Å². The summed E-state index contributed by atoms with van der Waals surface area (Å²) < 4.78 is 4.86. The molecule has 0 atom stereocenters. The number of rotatable bonds is 4. The standard InChI is InChI=1S/C15H12N2O5/c1-10(18)22-14-7-5-11(6-8-14)15(19)16-12-3-2-4-13(9-12)17(20)21/h2-9H,1H3,(H,16,19). The van der Waals surface area contributed by atoms with Gasteiger partial charge in [0.05, 0.1) is 4.92 Å². The van der Waals surface area contributed by atoms with E-state index < -0.39 is 16.8 Å². The second-order valence-electron chi connectivity index (χ2n) is 4.38.